The second-order valence-electron chi connectivity index (χ2n) is 4.47. The Morgan fingerprint density at radius 3 is 2.00 bits per heavy atom. The quantitative estimate of drug-likeness (QED) is 0.498. The van der Waals surface area contributed by atoms with Crippen molar-refractivity contribution in [3.05, 3.63) is 0 Å². The van der Waals surface area contributed by atoms with Crippen LogP contribution in [0.15, 0.2) is 0 Å². The molecule has 0 bridgehead atoms. The van der Waals surface area contributed by atoms with Gasteiger partial charge in [0.25, 0.3) is 0 Å². The second-order valence-corrected chi connectivity index (χ2v) is 4.47. The molecule has 0 saturated heterocycles. The van der Waals surface area contributed by atoms with E-state index in [9.17, 15) is 4.79 Å². The third-order valence-corrected chi connectivity index (χ3v) is 1.48. The SMILES string of the molecule is CC(CC(=O)O)CC(C)(C)C.[Cl-].[Na+]. The minimum Gasteiger partial charge on any atom is -1.00 e. The van der Waals surface area contributed by atoms with Gasteiger partial charge in [0, 0.05) is 6.42 Å². The van der Waals surface area contributed by atoms with E-state index in [1.165, 1.54) is 0 Å². The van der Waals surface area contributed by atoms with Crippen LogP contribution in [0.5, 0.6) is 0 Å². The van der Waals surface area contributed by atoms with Crippen molar-refractivity contribution in [1.82, 2.24) is 0 Å². The van der Waals surface area contributed by atoms with Gasteiger partial charge in [-0.25, -0.2) is 0 Å². The fourth-order valence-corrected chi connectivity index (χ4v) is 1.42. The Balaban J connectivity index is -0.000000500. The van der Waals surface area contributed by atoms with Crippen LogP contribution in [-0.2, 0) is 4.79 Å². The summed E-state index contributed by atoms with van der Waals surface area (Å²) in [4.78, 5) is 10.3. The molecule has 0 aliphatic heterocycles. The summed E-state index contributed by atoms with van der Waals surface area (Å²) in [5, 5.41) is 8.48. The Morgan fingerprint density at radius 2 is 1.77 bits per heavy atom. The minimum absolute atomic E-state index is 0. The van der Waals surface area contributed by atoms with Crippen molar-refractivity contribution in [1.29, 1.82) is 0 Å². The summed E-state index contributed by atoms with van der Waals surface area (Å²) < 4.78 is 0. The van der Waals surface area contributed by atoms with E-state index in [2.05, 4.69) is 20.8 Å². The van der Waals surface area contributed by atoms with Crippen LogP contribution in [0, 0.1) is 11.3 Å². The zero-order valence-corrected chi connectivity index (χ0v) is 12.0. The smallest absolute Gasteiger partial charge is 1.00 e. The summed E-state index contributed by atoms with van der Waals surface area (Å²) >= 11 is 0. The molecule has 0 aromatic carbocycles. The van der Waals surface area contributed by atoms with Crippen LogP contribution < -0.4 is 42.0 Å². The molecule has 1 unspecified atom stereocenters. The molecule has 0 heterocycles. The van der Waals surface area contributed by atoms with Crippen LogP contribution in [0.3, 0.4) is 0 Å². The zero-order chi connectivity index (χ0) is 9.07. The van der Waals surface area contributed by atoms with Crippen molar-refractivity contribution < 1.29 is 51.9 Å². The molecule has 0 fully saturated rings. The Labute approximate surface area is 109 Å². The fourth-order valence-electron chi connectivity index (χ4n) is 1.42. The van der Waals surface area contributed by atoms with Gasteiger partial charge in [0.15, 0.2) is 0 Å². The van der Waals surface area contributed by atoms with Gasteiger partial charge in [-0.05, 0) is 17.8 Å². The molecule has 0 spiro atoms. The standard InChI is InChI=1S/C9H18O2.ClH.Na/c1-7(5-8(10)11)6-9(2,3)4;;/h7H,5-6H2,1-4H3,(H,10,11);1H;/q;;+1/p-1. The molecule has 74 valence electrons. The van der Waals surface area contributed by atoms with E-state index in [-0.39, 0.29) is 59.7 Å². The molecule has 1 atom stereocenters. The van der Waals surface area contributed by atoms with Crippen molar-refractivity contribution in [3.8, 4) is 0 Å². The number of carbonyl (C=O) groups is 1. The number of hydrogen-bond acceptors (Lipinski definition) is 1. The summed E-state index contributed by atoms with van der Waals surface area (Å²) in [6.45, 7) is 8.38. The number of hydrogen-bond donors (Lipinski definition) is 1. The van der Waals surface area contributed by atoms with Crippen molar-refractivity contribution in [2.75, 3.05) is 0 Å². The van der Waals surface area contributed by atoms with Crippen LogP contribution >= 0.6 is 0 Å². The first-order chi connectivity index (χ1) is 4.81. The van der Waals surface area contributed by atoms with Crippen molar-refractivity contribution >= 4 is 5.97 Å². The van der Waals surface area contributed by atoms with E-state index in [4.69, 9.17) is 5.11 Å². The first kappa shape index (κ1) is 19.4. The topological polar surface area (TPSA) is 37.3 Å². The zero-order valence-electron chi connectivity index (χ0n) is 9.22. The maximum absolute atomic E-state index is 10.3. The van der Waals surface area contributed by atoms with E-state index in [0.29, 0.717) is 0 Å². The molecule has 0 saturated carbocycles. The van der Waals surface area contributed by atoms with E-state index in [0.717, 1.165) is 6.42 Å². The maximum atomic E-state index is 10.3. The Morgan fingerprint density at radius 1 is 1.38 bits per heavy atom. The van der Waals surface area contributed by atoms with Crippen molar-refractivity contribution in [3.63, 3.8) is 0 Å². The molecule has 0 radical (unpaired) electrons. The second kappa shape index (κ2) is 8.10. The molecule has 0 aromatic heterocycles. The predicted octanol–water partition coefficient (Wildman–Crippen LogP) is -3.46. The van der Waals surface area contributed by atoms with Crippen LogP contribution in [-0.4, -0.2) is 11.1 Å². The molecule has 0 amide bonds. The van der Waals surface area contributed by atoms with Crippen LogP contribution in [0.25, 0.3) is 0 Å². The Kier molecular flexibility index (Phi) is 12.1. The van der Waals surface area contributed by atoms with Crippen molar-refractivity contribution in [2.24, 2.45) is 11.3 Å². The van der Waals surface area contributed by atoms with Crippen LogP contribution in [0.2, 0.25) is 0 Å². The largest absolute Gasteiger partial charge is 1.00 e. The van der Waals surface area contributed by atoms with E-state index < -0.39 is 5.97 Å². The maximum Gasteiger partial charge on any atom is 1.00 e. The Hall–Kier alpha value is 0.760. The normalized spacial score (nSPS) is 12.3. The summed E-state index contributed by atoms with van der Waals surface area (Å²) in [6.07, 6.45) is 1.26. The van der Waals surface area contributed by atoms with E-state index in [1.54, 1.807) is 0 Å². The molecule has 2 nitrogen and oxygen atoms in total. The first-order valence-corrected chi connectivity index (χ1v) is 4.03. The van der Waals surface area contributed by atoms with Gasteiger partial charge in [-0.1, -0.05) is 27.7 Å². The molecule has 0 aliphatic carbocycles. The number of aliphatic carboxylic acids is 1. The van der Waals surface area contributed by atoms with Crippen molar-refractivity contribution in [2.45, 2.75) is 40.5 Å². The molecule has 13 heavy (non-hydrogen) atoms. The molecular formula is C9H18ClNaO2. The predicted molar refractivity (Wildman–Crippen MR) is 45.5 cm³/mol. The van der Waals surface area contributed by atoms with Gasteiger partial charge in [-0.3, -0.25) is 4.79 Å². The average molecular weight is 217 g/mol. The number of carboxylic acids is 1. The van der Waals surface area contributed by atoms with E-state index >= 15 is 0 Å². The van der Waals surface area contributed by atoms with Crippen LogP contribution in [0.1, 0.15) is 40.5 Å². The summed E-state index contributed by atoms with van der Waals surface area (Å²) in [7, 11) is 0. The molecular weight excluding hydrogens is 199 g/mol. The number of halogens is 1. The summed E-state index contributed by atoms with van der Waals surface area (Å²) in [5.41, 5.74) is 0.245. The molecule has 1 N–H and O–H groups in total. The molecule has 0 aliphatic rings. The first-order valence-electron chi connectivity index (χ1n) is 4.03. The molecule has 0 rings (SSSR count). The number of rotatable bonds is 3. The van der Waals surface area contributed by atoms with Gasteiger partial charge in [-0.15, -0.1) is 0 Å². The van der Waals surface area contributed by atoms with Gasteiger partial charge in [0.1, 0.15) is 0 Å². The molecule has 4 heteroatoms. The van der Waals surface area contributed by atoms with Gasteiger partial charge >= 0.3 is 35.5 Å². The summed E-state index contributed by atoms with van der Waals surface area (Å²) in [6, 6.07) is 0. The third kappa shape index (κ3) is 15.5. The third-order valence-electron chi connectivity index (χ3n) is 1.48. The van der Waals surface area contributed by atoms with Gasteiger partial charge in [-0.2, -0.15) is 0 Å². The molecule has 0 aromatic rings. The Bertz CT molecular complexity index is 143. The summed E-state index contributed by atoms with van der Waals surface area (Å²) in [5.74, 6) is -0.408. The minimum atomic E-state index is -0.693. The average Bonchev–Trinajstić information content (AvgIpc) is 1.53. The monoisotopic (exact) mass is 216 g/mol. The van der Waals surface area contributed by atoms with Gasteiger partial charge in [0.05, 0.1) is 0 Å². The van der Waals surface area contributed by atoms with Crippen LogP contribution in [0.4, 0.5) is 0 Å². The van der Waals surface area contributed by atoms with Gasteiger partial charge < -0.3 is 17.5 Å². The van der Waals surface area contributed by atoms with Gasteiger partial charge in [0.2, 0.25) is 0 Å². The van der Waals surface area contributed by atoms with E-state index in [1.807, 2.05) is 6.92 Å². The number of carboxylic acid groups (broad SMARTS) is 1. The fraction of sp³-hybridized carbons (Fsp3) is 0.889.